The lowest BCUT2D eigenvalue weighted by Gasteiger charge is -2.19. The van der Waals surface area contributed by atoms with Gasteiger partial charge in [0.25, 0.3) is 0 Å². The number of nitrogens with zero attached hydrogens (tertiary/aromatic N) is 1. The largest absolute Gasteiger partial charge is 0.468 e. The minimum Gasteiger partial charge on any atom is -0.468 e. The summed E-state index contributed by atoms with van der Waals surface area (Å²) in [5.41, 5.74) is 1.76. The lowest BCUT2D eigenvalue weighted by atomic mass is 10.2. The molecule has 0 unspecified atom stereocenters. The Morgan fingerprint density at radius 3 is 2.16 bits per heavy atom. The van der Waals surface area contributed by atoms with Crippen molar-refractivity contribution in [3.05, 3.63) is 101 Å². The minimum absolute atomic E-state index is 0.184. The van der Waals surface area contributed by atoms with Gasteiger partial charge >= 0.3 is 0 Å². The van der Waals surface area contributed by atoms with Crippen LogP contribution >= 0.6 is 0 Å². The molecule has 0 spiro atoms. The molecule has 4 nitrogen and oxygen atoms in total. The highest BCUT2D eigenvalue weighted by atomic mass is 32.2. The highest BCUT2D eigenvalue weighted by Gasteiger charge is 2.21. The van der Waals surface area contributed by atoms with Crippen LogP contribution in [-0.2, 0) is 23.1 Å². The van der Waals surface area contributed by atoms with Gasteiger partial charge in [0.1, 0.15) is 5.76 Å². The summed E-state index contributed by atoms with van der Waals surface area (Å²) in [4.78, 5) is 0. The fourth-order valence-corrected chi connectivity index (χ4v) is 3.55. The van der Waals surface area contributed by atoms with E-state index in [1.807, 2.05) is 60.7 Å². The zero-order valence-electron chi connectivity index (χ0n) is 13.7. The van der Waals surface area contributed by atoms with Crippen LogP contribution in [0.2, 0.25) is 0 Å². The average Bonchev–Trinajstić information content (AvgIpc) is 3.15. The first-order valence-electron chi connectivity index (χ1n) is 7.93. The Hall–Kier alpha value is -2.63. The Balaban J connectivity index is 1.85. The van der Waals surface area contributed by atoms with E-state index >= 15 is 0 Å². The van der Waals surface area contributed by atoms with Gasteiger partial charge in [-0.15, -0.1) is 0 Å². The Labute approximate surface area is 148 Å². The summed E-state index contributed by atoms with van der Waals surface area (Å²) < 4.78 is 32.4. The molecule has 0 amide bonds. The third-order valence-electron chi connectivity index (χ3n) is 3.71. The van der Waals surface area contributed by atoms with Gasteiger partial charge in [-0.1, -0.05) is 60.7 Å². The van der Waals surface area contributed by atoms with Crippen molar-refractivity contribution in [3.8, 4) is 0 Å². The molecule has 0 saturated carbocycles. The molecule has 3 rings (SSSR count). The minimum atomic E-state index is -3.60. The zero-order valence-corrected chi connectivity index (χ0v) is 14.5. The van der Waals surface area contributed by atoms with Crippen molar-refractivity contribution in [2.45, 2.75) is 13.1 Å². The first-order chi connectivity index (χ1) is 12.1. The molecule has 3 aromatic rings. The van der Waals surface area contributed by atoms with E-state index in [1.165, 1.54) is 9.71 Å². The summed E-state index contributed by atoms with van der Waals surface area (Å²) in [6, 6.07) is 22.4. The number of rotatable bonds is 7. The standard InChI is InChI=1S/C20H19NO3S/c22-25(23,15-13-18-8-3-1-4-9-18)21(17-20-12-7-14-24-20)16-19-10-5-2-6-11-19/h1-15H,16-17H2/b15-13+. The molecular formula is C20H19NO3S. The Morgan fingerprint density at radius 1 is 0.840 bits per heavy atom. The summed E-state index contributed by atoms with van der Waals surface area (Å²) in [6.45, 7) is 0.465. The second-order valence-electron chi connectivity index (χ2n) is 5.59. The molecule has 0 N–H and O–H groups in total. The molecule has 0 fully saturated rings. The van der Waals surface area contributed by atoms with Gasteiger partial charge in [-0.3, -0.25) is 0 Å². The van der Waals surface area contributed by atoms with Crippen LogP contribution in [0.3, 0.4) is 0 Å². The second kappa shape index (κ2) is 7.96. The maximum absolute atomic E-state index is 12.8. The molecule has 5 heteroatoms. The van der Waals surface area contributed by atoms with Crippen LogP contribution in [0.4, 0.5) is 0 Å². The molecule has 0 aliphatic heterocycles. The maximum Gasteiger partial charge on any atom is 0.236 e. The summed E-state index contributed by atoms with van der Waals surface area (Å²) >= 11 is 0. The summed E-state index contributed by atoms with van der Waals surface area (Å²) in [5.74, 6) is 0.604. The molecule has 0 atom stereocenters. The van der Waals surface area contributed by atoms with Gasteiger partial charge in [-0.05, 0) is 29.3 Å². The van der Waals surface area contributed by atoms with Crippen LogP contribution in [0.25, 0.3) is 6.08 Å². The van der Waals surface area contributed by atoms with E-state index in [0.717, 1.165) is 11.1 Å². The van der Waals surface area contributed by atoms with Crippen molar-refractivity contribution in [3.63, 3.8) is 0 Å². The predicted octanol–water partition coefficient (Wildman–Crippen LogP) is 4.28. The molecule has 0 saturated heterocycles. The van der Waals surface area contributed by atoms with Crippen molar-refractivity contribution >= 4 is 16.1 Å². The number of hydrogen-bond acceptors (Lipinski definition) is 3. The van der Waals surface area contributed by atoms with E-state index in [2.05, 4.69) is 0 Å². The van der Waals surface area contributed by atoms with E-state index in [1.54, 1.807) is 24.5 Å². The molecule has 0 aliphatic carbocycles. The monoisotopic (exact) mass is 353 g/mol. The quantitative estimate of drug-likeness (QED) is 0.637. The van der Waals surface area contributed by atoms with E-state index in [-0.39, 0.29) is 13.1 Å². The molecular weight excluding hydrogens is 334 g/mol. The molecule has 0 radical (unpaired) electrons. The smallest absolute Gasteiger partial charge is 0.236 e. The second-order valence-corrected chi connectivity index (χ2v) is 7.41. The van der Waals surface area contributed by atoms with Crippen molar-refractivity contribution in [1.82, 2.24) is 4.31 Å². The summed E-state index contributed by atoms with van der Waals surface area (Å²) in [7, 11) is -3.60. The van der Waals surface area contributed by atoms with E-state index in [0.29, 0.717) is 5.76 Å². The third kappa shape index (κ3) is 4.92. The van der Waals surface area contributed by atoms with Crippen molar-refractivity contribution in [2.75, 3.05) is 0 Å². The van der Waals surface area contributed by atoms with E-state index < -0.39 is 10.0 Å². The predicted molar refractivity (Wildman–Crippen MR) is 98.8 cm³/mol. The number of benzene rings is 2. The lowest BCUT2D eigenvalue weighted by Crippen LogP contribution is -2.28. The Morgan fingerprint density at radius 2 is 1.52 bits per heavy atom. The summed E-state index contributed by atoms with van der Waals surface area (Å²) in [5, 5.41) is 1.24. The first kappa shape index (κ1) is 17.2. The number of furan rings is 1. The van der Waals surface area contributed by atoms with Crippen LogP contribution in [0.5, 0.6) is 0 Å². The van der Waals surface area contributed by atoms with Crippen LogP contribution in [0.1, 0.15) is 16.9 Å². The average molecular weight is 353 g/mol. The zero-order chi connectivity index (χ0) is 17.5. The SMILES string of the molecule is O=S(=O)(/C=C/c1ccccc1)N(Cc1ccccc1)Cc1ccco1. The molecule has 1 aromatic heterocycles. The molecule has 0 bridgehead atoms. The number of sulfonamides is 1. The van der Waals surface area contributed by atoms with Crippen LogP contribution in [0.15, 0.2) is 88.9 Å². The van der Waals surface area contributed by atoms with Gasteiger partial charge in [0.05, 0.1) is 12.8 Å². The number of hydrogen-bond donors (Lipinski definition) is 0. The molecule has 1 heterocycles. The van der Waals surface area contributed by atoms with Gasteiger partial charge in [0, 0.05) is 12.0 Å². The van der Waals surface area contributed by atoms with Crippen molar-refractivity contribution in [2.24, 2.45) is 0 Å². The fraction of sp³-hybridized carbons (Fsp3) is 0.100. The fourth-order valence-electron chi connectivity index (χ4n) is 2.41. The molecule has 0 aliphatic rings. The van der Waals surface area contributed by atoms with E-state index in [4.69, 9.17) is 4.42 Å². The van der Waals surface area contributed by atoms with Crippen molar-refractivity contribution < 1.29 is 12.8 Å². The normalized spacial score (nSPS) is 12.0. The third-order valence-corrected chi connectivity index (χ3v) is 5.16. The lowest BCUT2D eigenvalue weighted by molar-refractivity contribution is 0.362. The maximum atomic E-state index is 12.8. The van der Waals surface area contributed by atoms with Gasteiger partial charge in [0.2, 0.25) is 10.0 Å². The molecule has 128 valence electrons. The van der Waals surface area contributed by atoms with Gasteiger partial charge in [0.15, 0.2) is 0 Å². The van der Waals surface area contributed by atoms with E-state index in [9.17, 15) is 8.42 Å². The van der Waals surface area contributed by atoms with Crippen LogP contribution < -0.4 is 0 Å². The van der Waals surface area contributed by atoms with Crippen LogP contribution in [0, 0.1) is 0 Å². The van der Waals surface area contributed by atoms with Gasteiger partial charge in [-0.2, -0.15) is 4.31 Å². The Kier molecular flexibility index (Phi) is 5.48. The Bertz CT molecular complexity index is 902. The molecule has 2 aromatic carbocycles. The topological polar surface area (TPSA) is 50.5 Å². The van der Waals surface area contributed by atoms with Gasteiger partial charge in [-0.25, -0.2) is 8.42 Å². The summed E-state index contributed by atoms with van der Waals surface area (Å²) in [6.07, 6.45) is 3.15. The highest BCUT2D eigenvalue weighted by Crippen LogP contribution is 2.17. The van der Waals surface area contributed by atoms with Gasteiger partial charge < -0.3 is 4.42 Å². The first-order valence-corrected chi connectivity index (χ1v) is 9.43. The molecule has 25 heavy (non-hydrogen) atoms. The highest BCUT2D eigenvalue weighted by molar-refractivity contribution is 7.92. The van der Waals surface area contributed by atoms with Crippen LogP contribution in [-0.4, -0.2) is 12.7 Å². The van der Waals surface area contributed by atoms with Crippen molar-refractivity contribution in [1.29, 1.82) is 0 Å².